The van der Waals surface area contributed by atoms with Crippen molar-refractivity contribution in [3.05, 3.63) is 119 Å². The summed E-state index contributed by atoms with van der Waals surface area (Å²) in [6.45, 7) is 4.15. The Bertz CT molecular complexity index is 1060. The number of para-hydroxylation sites is 1. The van der Waals surface area contributed by atoms with E-state index in [2.05, 4.69) is 61.3 Å². The lowest BCUT2D eigenvalue weighted by atomic mass is 9.67. The third kappa shape index (κ3) is 3.19. The SMILES string of the molecule is COc1ccccc1[C@@](c1ccc(C)cc1)(c1ccc(O)cc1)c1ccc(C)[nH]1. The van der Waals surface area contributed by atoms with Crippen LogP contribution in [-0.2, 0) is 5.41 Å². The lowest BCUT2D eigenvalue weighted by Gasteiger charge is -2.36. The number of aromatic nitrogens is 1. The molecule has 0 aliphatic rings. The molecule has 0 saturated heterocycles. The minimum Gasteiger partial charge on any atom is -0.508 e. The highest BCUT2D eigenvalue weighted by Crippen LogP contribution is 2.48. The number of H-pyrrole nitrogens is 1. The summed E-state index contributed by atoms with van der Waals surface area (Å²) in [4.78, 5) is 3.57. The molecule has 146 valence electrons. The van der Waals surface area contributed by atoms with Crippen molar-refractivity contribution in [1.29, 1.82) is 0 Å². The van der Waals surface area contributed by atoms with Crippen LogP contribution < -0.4 is 4.74 Å². The van der Waals surface area contributed by atoms with E-state index in [1.165, 1.54) is 5.56 Å². The smallest absolute Gasteiger partial charge is 0.123 e. The van der Waals surface area contributed by atoms with Gasteiger partial charge in [-0.05, 0) is 55.3 Å². The maximum Gasteiger partial charge on any atom is 0.123 e. The Morgan fingerprint density at radius 3 is 1.97 bits per heavy atom. The monoisotopic (exact) mass is 383 g/mol. The number of rotatable bonds is 5. The molecule has 3 aromatic carbocycles. The number of benzene rings is 3. The summed E-state index contributed by atoms with van der Waals surface area (Å²) in [6, 6.07) is 28.4. The lowest BCUT2D eigenvalue weighted by molar-refractivity contribution is 0.404. The highest BCUT2D eigenvalue weighted by atomic mass is 16.5. The van der Waals surface area contributed by atoms with Gasteiger partial charge in [0, 0.05) is 17.0 Å². The predicted molar refractivity (Wildman–Crippen MR) is 117 cm³/mol. The standard InChI is InChI=1S/C26H25NO2/c1-18-8-11-20(12-9-18)26(25-17-10-19(2)27-25,21-13-15-22(28)16-14-21)23-6-4-5-7-24(23)29-3/h4-17,27-28H,1-3H3/t26-/m1/s1. The minimum atomic E-state index is -0.623. The Balaban J connectivity index is 2.16. The fraction of sp³-hybridized carbons (Fsp3) is 0.154. The molecule has 3 heteroatoms. The van der Waals surface area contributed by atoms with Gasteiger partial charge in [-0.3, -0.25) is 0 Å². The molecule has 0 unspecified atom stereocenters. The van der Waals surface area contributed by atoms with E-state index in [-0.39, 0.29) is 5.75 Å². The number of methoxy groups -OCH3 is 1. The number of ether oxygens (including phenoxy) is 1. The van der Waals surface area contributed by atoms with Crippen LogP contribution in [0.3, 0.4) is 0 Å². The highest BCUT2D eigenvalue weighted by Gasteiger charge is 2.41. The van der Waals surface area contributed by atoms with E-state index < -0.39 is 5.41 Å². The van der Waals surface area contributed by atoms with E-state index in [9.17, 15) is 5.11 Å². The molecule has 3 nitrogen and oxygen atoms in total. The van der Waals surface area contributed by atoms with Crippen molar-refractivity contribution < 1.29 is 9.84 Å². The zero-order chi connectivity index (χ0) is 20.4. The molecule has 29 heavy (non-hydrogen) atoms. The van der Waals surface area contributed by atoms with E-state index in [1.54, 1.807) is 19.2 Å². The summed E-state index contributed by atoms with van der Waals surface area (Å²) in [7, 11) is 1.70. The molecule has 0 spiro atoms. The normalized spacial score (nSPS) is 13.1. The summed E-state index contributed by atoms with van der Waals surface area (Å²) in [6.07, 6.45) is 0. The number of phenolic OH excluding ortho intramolecular Hbond substituents is 1. The minimum absolute atomic E-state index is 0.245. The van der Waals surface area contributed by atoms with Crippen LogP contribution >= 0.6 is 0 Å². The van der Waals surface area contributed by atoms with Crippen molar-refractivity contribution >= 4 is 0 Å². The van der Waals surface area contributed by atoms with E-state index in [4.69, 9.17) is 4.74 Å². The number of phenols is 1. The van der Waals surface area contributed by atoms with Crippen molar-refractivity contribution in [3.63, 3.8) is 0 Å². The third-order valence-corrected chi connectivity index (χ3v) is 5.53. The first-order chi connectivity index (χ1) is 14.1. The van der Waals surface area contributed by atoms with Crippen molar-refractivity contribution in [1.82, 2.24) is 4.98 Å². The van der Waals surface area contributed by atoms with Crippen molar-refractivity contribution in [2.24, 2.45) is 0 Å². The summed E-state index contributed by atoms with van der Waals surface area (Å²) >= 11 is 0. The third-order valence-electron chi connectivity index (χ3n) is 5.53. The van der Waals surface area contributed by atoms with Crippen LogP contribution in [0.25, 0.3) is 0 Å². The van der Waals surface area contributed by atoms with Gasteiger partial charge >= 0.3 is 0 Å². The van der Waals surface area contributed by atoms with Gasteiger partial charge in [0.05, 0.1) is 12.5 Å². The van der Waals surface area contributed by atoms with Crippen LogP contribution in [0.2, 0.25) is 0 Å². The molecule has 2 N–H and O–H groups in total. The fourth-order valence-corrected chi connectivity index (χ4v) is 4.13. The van der Waals surface area contributed by atoms with Gasteiger partial charge in [0.2, 0.25) is 0 Å². The van der Waals surface area contributed by atoms with Gasteiger partial charge in [0.25, 0.3) is 0 Å². The van der Waals surface area contributed by atoms with Crippen LogP contribution in [0.15, 0.2) is 84.9 Å². The lowest BCUT2D eigenvalue weighted by Crippen LogP contribution is -2.32. The van der Waals surface area contributed by atoms with E-state index in [0.717, 1.165) is 33.8 Å². The second-order valence-electron chi connectivity index (χ2n) is 7.42. The fourth-order valence-electron chi connectivity index (χ4n) is 4.13. The number of aryl methyl sites for hydroxylation is 2. The first kappa shape index (κ1) is 18.9. The molecule has 1 aromatic heterocycles. The zero-order valence-corrected chi connectivity index (χ0v) is 16.9. The number of aromatic hydroxyl groups is 1. The number of nitrogens with one attached hydrogen (secondary N) is 1. The summed E-state index contributed by atoms with van der Waals surface area (Å²) in [5.41, 5.74) is 5.93. The van der Waals surface area contributed by atoms with Crippen LogP contribution in [0.1, 0.15) is 33.6 Å². The van der Waals surface area contributed by atoms with Gasteiger partial charge in [0.15, 0.2) is 0 Å². The second-order valence-corrected chi connectivity index (χ2v) is 7.42. The first-order valence-electron chi connectivity index (χ1n) is 9.72. The Morgan fingerprint density at radius 2 is 1.38 bits per heavy atom. The van der Waals surface area contributed by atoms with Crippen LogP contribution in [0.4, 0.5) is 0 Å². The molecular weight excluding hydrogens is 358 g/mol. The molecule has 0 fully saturated rings. The Kier molecular flexibility index (Phi) is 4.89. The summed E-state index contributed by atoms with van der Waals surface area (Å²) in [5.74, 6) is 1.06. The molecular formula is C26H25NO2. The molecule has 1 heterocycles. The molecule has 0 aliphatic heterocycles. The predicted octanol–water partition coefficient (Wildman–Crippen LogP) is 5.73. The van der Waals surface area contributed by atoms with E-state index >= 15 is 0 Å². The van der Waals surface area contributed by atoms with Crippen LogP contribution in [-0.4, -0.2) is 17.2 Å². The van der Waals surface area contributed by atoms with Crippen molar-refractivity contribution in [2.45, 2.75) is 19.3 Å². The van der Waals surface area contributed by atoms with Crippen molar-refractivity contribution in [3.8, 4) is 11.5 Å². The average molecular weight is 383 g/mol. The zero-order valence-electron chi connectivity index (χ0n) is 16.9. The molecule has 0 radical (unpaired) electrons. The maximum absolute atomic E-state index is 9.94. The molecule has 4 aromatic rings. The maximum atomic E-state index is 9.94. The Hall–Kier alpha value is -3.46. The van der Waals surface area contributed by atoms with Gasteiger partial charge in [-0.2, -0.15) is 0 Å². The van der Waals surface area contributed by atoms with Crippen LogP contribution in [0, 0.1) is 13.8 Å². The molecule has 0 saturated carbocycles. The average Bonchev–Trinajstić information content (AvgIpc) is 3.18. The van der Waals surface area contributed by atoms with Gasteiger partial charge in [0.1, 0.15) is 11.5 Å². The topological polar surface area (TPSA) is 45.2 Å². The molecule has 0 bridgehead atoms. The van der Waals surface area contributed by atoms with Gasteiger partial charge in [-0.25, -0.2) is 0 Å². The summed E-state index contributed by atoms with van der Waals surface area (Å²) < 4.78 is 5.81. The van der Waals surface area contributed by atoms with E-state index in [1.807, 2.05) is 30.3 Å². The molecule has 4 rings (SSSR count). The molecule has 1 atom stereocenters. The van der Waals surface area contributed by atoms with Gasteiger partial charge in [-0.15, -0.1) is 0 Å². The second kappa shape index (κ2) is 7.51. The molecule has 0 amide bonds. The van der Waals surface area contributed by atoms with Gasteiger partial charge < -0.3 is 14.8 Å². The van der Waals surface area contributed by atoms with Crippen LogP contribution in [0.5, 0.6) is 11.5 Å². The van der Waals surface area contributed by atoms with Crippen molar-refractivity contribution in [2.75, 3.05) is 7.11 Å². The number of aromatic amines is 1. The number of hydrogen-bond acceptors (Lipinski definition) is 2. The quantitative estimate of drug-likeness (QED) is 0.432. The first-order valence-corrected chi connectivity index (χ1v) is 9.72. The molecule has 0 aliphatic carbocycles. The van der Waals surface area contributed by atoms with E-state index in [0.29, 0.717) is 0 Å². The number of hydrogen-bond donors (Lipinski definition) is 2. The Morgan fingerprint density at radius 1 is 0.759 bits per heavy atom. The Labute approximate surface area is 171 Å². The largest absolute Gasteiger partial charge is 0.508 e. The highest BCUT2D eigenvalue weighted by molar-refractivity contribution is 5.62. The van der Waals surface area contributed by atoms with Gasteiger partial charge in [-0.1, -0.05) is 60.2 Å². The summed E-state index contributed by atoms with van der Waals surface area (Å²) in [5, 5.41) is 9.94.